The molecule has 1 aliphatic rings. The Bertz CT molecular complexity index is 1440. The highest BCUT2D eigenvalue weighted by Gasteiger charge is 2.25. The van der Waals surface area contributed by atoms with Crippen molar-refractivity contribution in [2.45, 2.75) is 12.5 Å². The van der Waals surface area contributed by atoms with Gasteiger partial charge in [-0.05, 0) is 24.6 Å². The molecule has 3 aromatic heterocycles. The Kier molecular flexibility index (Phi) is 5.37. The van der Waals surface area contributed by atoms with Crippen molar-refractivity contribution in [3.05, 3.63) is 60.3 Å². The Morgan fingerprint density at radius 2 is 2.09 bits per heavy atom. The third kappa shape index (κ3) is 3.71. The van der Waals surface area contributed by atoms with Gasteiger partial charge in [-0.3, -0.25) is 9.48 Å². The first-order valence-corrected chi connectivity index (χ1v) is 10.8. The Hall–Kier alpha value is -4.39. The number of methoxy groups -OCH3 is 1. The lowest BCUT2D eigenvalue weighted by Gasteiger charge is -2.13. The lowest BCUT2D eigenvalue weighted by atomic mass is 10.0. The Labute approximate surface area is 195 Å². The number of aromatic nitrogens is 4. The molecule has 9 nitrogen and oxygen atoms in total. The lowest BCUT2D eigenvalue weighted by molar-refractivity contribution is 0.0940. The van der Waals surface area contributed by atoms with Crippen molar-refractivity contribution >= 4 is 11.4 Å². The molecule has 0 saturated carbocycles. The number of pyridine rings is 1. The van der Waals surface area contributed by atoms with E-state index >= 15 is 4.39 Å². The molecule has 5 rings (SSSR count). The Balaban J connectivity index is 1.44. The van der Waals surface area contributed by atoms with Gasteiger partial charge in [0.05, 0.1) is 30.1 Å². The summed E-state index contributed by atoms with van der Waals surface area (Å²) in [5, 5.41) is 20.6. The topological polar surface area (TPSA) is 100 Å². The van der Waals surface area contributed by atoms with E-state index in [9.17, 15) is 4.79 Å². The van der Waals surface area contributed by atoms with Gasteiger partial charge in [0.2, 0.25) is 0 Å². The fourth-order valence-electron chi connectivity index (χ4n) is 4.29. The predicted octanol–water partition coefficient (Wildman–Crippen LogP) is 2.83. The summed E-state index contributed by atoms with van der Waals surface area (Å²) in [5.41, 5.74) is 3.14. The molecule has 0 aliphatic carbocycles. The molecule has 0 spiro atoms. The first-order valence-electron chi connectivity index (χ1n) is 10.8. The van der Waals surface area contributed by atoms with Gasteiger partial charge >= 0.3 is 0 Å². The van der Waals surface area contributed by atoms with Crippen molar-refractivity contribution in [1.82, 2.24) is 29.6 Å². The molecule has 1 atom stereocenters. The van der Waals surface area contributed by atoms with Crippen molar-refractivity contribution in [2.75, 3.05) is 20.2 Å². The summed E-state index contributed by atoms with van der Waals surface area (Å²) >= 11 is 0. The lowest BCUT2D eigenvalue weighted by Crippen LogP contribution is -2.36. The molecule has 0 unspecified atom stereocenters. The summed E-state index contributed by atoms with van der Waals surface area (Å²) in [6.45, 7) is 1.13. The first-order chi connectivity index (χ1) is 16.5. The number of hydrogen-bond donors (Lipinski definition) is 1. The maximum Gasteiger partial charge on any atom is 0.255 e. The third-order valence-corrected chi connectivity index (χ3v) is 6.03. The minimum absolute atomic E-state index is 0.0828. The van der Waals surface area contributed by atoms with Gasteiger partial charge in [-0.25, -0.2) is 8.91 Å². The quantitative estimate of drug-likeness (QED) is 0.461. The van der Waals surface area contributed by atoms with Crippen LogP contribution in [0.15, 0.2) is 48.9 Å². The Morgan fingerprint density at radius 1 is 1.26 bits per heavy atom. The summed E-state index contributed by atoms with van der Waals surface area (Å²) in [7, 11) is 3.22. The van der Waals surface area contributed by atoms with Gasteiger partial charge in [0.15, 0.2) is 17.8 Å². The second kappa shape index (κ2) is 8.51. The number of rotatable bonds is 5. The molecule has 4 heterocycles. The predicted molar refractivity (Wildman–Crippen MR) is 122 cm³/mol. The van der Waals surface area contributed by atoms with Gasteiger partial charge < -0.3 is 15.0 Å². The van der Waals surface area contributed by atoms with Gasteiger partial charge in [-0.1, -0.05) is 12.1 Å². The molecule has 1 saturated heterocycles. The maximum atomic E-state index is 15.5. The van der Waals surface area contributed by atoms with E-state index in [0.717, 1.165) is 6.42 Å². The second-order valence-corrected chi connectivity index (χ2v) is 8.19. The van der Waals surface area contributed by atoms with Gasteiger partial charge in [0.25, 0.3) is 5.91 Å². The summed E-state index contributed by atoms with van der Waals surface area (Å²) in [5.74, 6) is -0.640. The smallest absolute Gasteiger partial charge is 0.255 e. The van der Waals surface area contributed by atoms with Crippen LogP contribution in [-0.2, 0) is 7.05 Å². The molecule has 172 valence electrons. The Morgan fingerprint density at radius 3 is 2.79 bits per heavy atom. The van der Waals surface area contributed by atoms with Crippen molar-refractivity contribution < 1.29 is 13.9 Å². The molecular weight excluding hydrogens is 437 g/mol. The van der Waals surface area contributed by atoms with E-state index in [4.69, 9.17) is 10.00 Å². The largest absolute Gasteiger partial charge is 0.493 e. The van der Waals surface area contributed by atoms with Crippen LogP contribution in [-0.4, -0.2) is 56.4 Å². The SMILES string of the molecule is COc1c(-c2ccn(C)n2)ccc(-c2ccc3c(C(=O)N[C@@H]4CCN(C#N)C4)cnn3c2)c1F. The molecule has 0 bridgehead atoms. The minimum atomic E-state index is -0.501. The number of aryl methyl sites for hydroxylation is 1. The molecule has 4 aromatic rings. The van der Waals surface area contributed by atoms with Gasteiger partial charge in [-0.2, -0.15) is 15.5 Å². The van der Waals surface area contributed by atoms with E-state index in [0.29, 0.717) is 46.6 Å². The zero-order chi connectivity index (χ0) is 23.8. The molecule has 1 amide bonds. The van der Waals surface area contributed by atoms with Gasteiger partial charge in [-0.15, -0.1) is 0 Å². The number of fused-ring (bicyclic) bond motifs is 1. The number of amides is 1. The van der Waals surface area contributed by atoms with Crippen LogP contribution in [0.25, 0.3) is 27.9 Å². The number of nitriles is 1. The standard InChI is InChI=1S/C24H22FN7O2/c1-30-9-8-20(29-30)18-5-4-17(22(25)23(18)34-2)15-3-6-21-19(11-27-32(21)12-15)24(33)28-16-7-10-31(13-16)14-26/h3-6,8-9,11-12,16H,7,10,13H2,1-2H3,(H,28,33)/t16-/m1/s1. The molecular formula is C24H22FN7O2. The van der Waals surface area contributed by atoms with Crippen LogP contribution < -0.4 is 10.1 Å². The zero-order valence-corrected chi connectivity index (χ0v) is 18.7. The fraction of sp³-hybridized carbons (Fsp3) is 0.250. The second-order valence-electron chi connectivity index (χ2n) is 8.19. The van der Waals surface area contributed by atoms with Crippen LogP contribution in [0, 0.1) is 17.3 Å². The molecule has 10 heteroatoms. The zero-order valence-electron chi connectivity index (χ0n) is 18.7. The van der Waals surface area contributed by atoms with E-state index in [-0.39, 0.29) is 17.7 Å². The molecule has 0 radical (unpaired) electrons. The van der Waals surface area contributed by atoms with E-state index in [1.807, 2.05) is 0 Å². The van der Waals surface area contributed by atoms with Crippen LogP contribution in [0.4, 0.5) is 4.39 Å². The monoisotopic (exact) mass is 459 g/mol. The van der Waals surface area contributed by atoms with Crippen molar-refractivity contribution in [3.8, 4) is 34.3 Å². The fourth-order valence-corrected chi connectivity index (χ4v) is 4.29. The van der Waals surface area contributed by atoms with Crippen LogP contribution in [0.1, 0.15) is 16.8 Å². The summed E-state index contributed by atoms with van der Waals surface area (Å²) in [4.78, 5) is 14.4. The molecule has 1 fully saturated rings. The molecule has 1 aliphatic heterocycles. The van der Waals surface area contributed by atoms with Gasteiger partial charge in [0.1, 0.15) is 0 Å². The number of likely N-dealkylation sites (tertiary alicyclic amines) is 1. The highest BCUT2D eigenvalue weighted by atomic mass is 19.1. The maximum absolute atomic E-state index is 15.5. The van der Waals surface area contributed by atoms with Crippen LogP contribution in [0.3, 0.4) is 0 Å². The normalized spacial score (nSPS) is 15.5. The van der Waals surface area contributed by atoms with Crippen LogP contribution >= 0.6 is 0 Å². The number of benzene rings is 1. The number of carbonyl (C=O) groups excluding carboxylic acids is 1. The van der Waals surface area contributed by atoms with Crippen molar-refractivity contribution in [1.29, 1.82) is 5.26 Å². The number of nitrogens with one attached hydrogen (secondary N) is 1. The summed E-state index contributed by atoms with van der Waals surface area (Å²) in [6, 6.07) is 8.66. The number of carbonyl (C=O) groups is 1. The van der Waals surface area contributed by atoms with Gasteiger partial charge in [0, 0.05) is 55.3 Å². The molecule has 34 heavy (non-hydrogen) atoms. The highest BCUT2D eigenvalue weighted by molar-refractivity contribution is 6.01. The van der Waals surface area contributed by atoms with Crippen LogP contribution in [0.2, 0.25) is 0 Å². The van der Waals surface area contributed by atoms with Crippen molar-refractivity contribution in [2.24, 2.45) is 7.05 Å². The number of halogens is 1. The van der Waals surface area contributed by atoms with Crippen molar-refractivity contribution in [3.63, 3.8) is 0 Å². The minimum Gasteiger partial charge on any atom is -0.493 e. The number of nitrogens with zero attached hydrogens (tertiary/aromatic N) is 6. The summed E-state index contributed by atoms with van der Waals surface area (Å²) < 4.78 is 24.0. The first kappa shape index (κ1) is 21.5. The molecule has 1 N–H and O–H groups in total. The number of hydrogen-bond acceptors (Lipinski definition) is 6. The third-order valence-electron chi connectivity index (χ3n) is 6.03. The highest BCUT2D eigenvalue weighted by Crippen LogP contribution is 2.37. The van der Waals surface area contributed by atoms with Crippen LogP contribution in [0.5, 0.6) is 5.75 Å². The molecule has 1 aromatic carbocycles. The summed E-state index contributed by atoms with van der Waals surface area (Å²) in [6.07, 6.45) is 7.78. The average Bonchev–Trinajstić information content (AvgIpc) is 3.57. The number of ether oxygens (including phenoxy) is 1. The van der Waals surface area contributed by atoms with E-state index in [2.05, 4.69) is 21.7 Å². The van der Waals surface area contributed by atoms with E-state index < -0.39 is 5.82 Å². The van der Waals surface area contributed by atoms with E-state index in [1.54, 1.807) is 63.9 Å². The van der Waals surface area contributed by atoms with E-state index in [1.165, 1.54) is 13.3 Å². The average molecular weight is 459 g/mol.